The number of hydrogen-bond acceptors (Lipinski definition) is 4. The molecule has 0 fully saturated rings. The number of aromatic nitrogens is 1. The summed E-state index contributed by atoms with van der Waals surface area (Å²) in [5, 5.41) is 20.1. The van der Waals surface area contributed by atoms with Crippen molar-refractivity contribution in [3.63, 3.8) is 0 Å². The lowest BCUT2D eigenvalue weighted by atomic mass is 9.84. The predicted octanol–water partition coefficient (Wildman–Crippen LogP) is 1.96. The minimum Gasteiger partial charge on any atom is -0.481 e. The first kappa shape index (κ1) is 16.6. The van der Waals surface area contributed by atoms with Crippen LogP contribution in [0.5, 0.6) is 0 Å². The van der Waals surface area contributed by atoms with Crippen LogP contribution in [0, 0.1) is 16.7 Å². The molecule has 0 bridgehead atoms. The summed E-state index contributed by atoms with van der Waals surface area (Å²) < 4.78 is 0. The second-order valence-corrected chi connectivity index (χ2v) is 5.61. The molecule has 0 aliphatic heterocycles. The van der Waals surface area contributed by atoms with Crippen LogP contribution in [0.4, 0.5) is 0 Å². The number of aliphatic carboxylic acids is 1. The molecule has 112 valence electrons. The normalized spacial score (nSPS) is 10.7. The van der Waals surface area contributed by atoms with Crippen molar-refractivity contribution in [1.82, 2.24) is 10.3 Å². The Balaban J connectivity index is 2.42. The van der Waals surface area contributed by atoms with E-state index in [4.69, 9.17) is 10.4 Å². The Morgan fingerprint density at radius 2 is 2.10 bits per heavy atom. The van der Waals surface area contributed by atoms with Gasteiger partial charge >= 0.3 is 5.97 Å². The molecule has 6 nitrogen and oxygen atoms in total. The van der Waals surface area contributed by atoms with Gasteiger partial charge in [0.25, 0.3) is 5.91 Å². The molecule has 0 aliphatic carbocycles. The van der Waals surface area contributed by atoms with Crippen molar-refractivity contribution in [2.24, 2.45) is 5.41 Å². The maximum Gasteiger partial charge on any atom is 0.303 e. The molecule has 2 N–H and O–H groups in total. The second kappa shape index (κ2) is 7.39. The molecule has 1 amide bonds. The Kier molecular flexibility index (Phi) is 5.85. The van der Waals surface area contributed by atoms with Crippen molar-refractivity contribution in [3.05, 3.63) is 29.6 Å². The number of carbonyl (C=O) groups excluding carboxylic acids is 1. The fourth-order valence-electron chi connectivity index (χ4n) is 1.77. The summed E-state index contributed by atoms with van der Waals surface area (Å²) >= 11 is 0. The predicted molar refractivity (Wildman–Crippen MR) is 76.6 cm³/mol. The number of carbonyl (C=O) groups is 2. The minimum atomic E-state index is -0.811. The van der Waals surface area contributed by atoms with E-state index in [1.165, 1.54) is 12.3 Å². The molecular weight excluding hydrogens is 270 g/mol. The van der Waals surface area contributed by atoms with Crippen LogP contribution in [0.1, 0.15) is 49.2 Å². The van der Waals surface area contributed by atoms with Gasteiger partial charge in [-0.1, -0.05) is 13.8 Å². The number of nitrogens with zero attached hydrogens (tertiary/aromatic N) is 2. The largest absolute Gasteiger partial charge is 0.481 e. The number of rotatable bonds is 7. The van der Waals surface area contributed by atoms with Crippen molar-refractivity contribution in [2.75, 3.05) is 6.54 Å². The average molecular weight is 289 g/mol. The molecule has 0 aliphatic rings. The number of pyridine rings is 1. The Bertz CT molecular complexity index is 544. The number of nitrogens with one attached hydrogen (secondary N) is 1. The van der Waals surface area contributed by atoms with E-state index >= 15 is 0 Å². The number of amides is 1. The van der Waals surface area contributed by atoms with Gasteiger partial charge in [0.2, 0.25) is 0 Å². The van der Waals surface area contributed by atoms with E-state index in [9.17, 15) is 9.59 Å². The highest BCUT2D eigenvalue weighted by Crippen LogP contribution is 2.25. The zero-order valence-electron chi connectivity index (χ0n) is 12.2. The minimum absolute atomic E-state index is 0.123. The molecule has 0 unspecified atom stereocenters. The van der Waals surface area contributed by atoms with Gasteiger partial charge in [-0.2, -0.15) is 5.26 Å². The first-order valence-corrected chi connectivity index (χ1v) is 6.70. The summed E-state index contributed by atoms with van der Waals surface area (Å²) in [4.78, 5) is 26.3. The molecule has 6 heteroatoms. The maximum absolute atomic E-state index is 11.8. The van der Waals surface area contributed by atoms with E-state index in [0.29, 0.717) is 24.9 Å². The third kappa shape index (κ3) is 6.04. The highest BCUT2D eigenvalue weighted by Gasteiger charge is 2.19. The molecule has 21 heavy (non-hydrogen) atoms. The molecule has 0 atom stereocenters. The van der Waals surface area contributed by atoms with Gasteiger partial charge in [0.05, 0.1) is 5.56 Å². The van der Waals surface area contributed by atoms with Crippen molar-refractivity contribution in [3.8, 4) is 6.07 Å². The number of carboxylic acid groups (broad SMARTS) is 1. The third-order valence-corrected chi connectivity index (χ3v) is 3.23. The lowest BCUT2D eigenvalue weighted by Gasteiger charge is -2.23. The average Bonchev–Trinajstić information content (AvgIpc) is 2.45. The highest BCUT2D eigenvalue weighted by molar-refractivity contribution is 5.92. The summed E-state index contributed by atoms with van der Waals surface area (Å²) in [6.07, 6.45) is 2.72. The van der Waals surface area contributed by atoms with Crippen LogP contribution in [0.25, 0.3) is 0 Å². The molecule has 1 aromatic heterocycles. The van der Waals surface area contributed by atoms with Gasteiger partial charge in [-0.25, -0.2) is 4.98 Å². The molecule has 1 aromatic rings. The van der Waals surface area contributed by atoms with Gasteiger partial charge in [0, 0.05) is 19.2 Å². The molecule has 0 spiro atoms. The van der Waals surface area contributed by atoms with Crippen molar-refractivity contribution in [2.45, 2.75) is 33.1 Å². The van der Waals surface area contributed by atoms with Crippen LogP contribution < -0.4 is 5.32 Å². The van der Waals surface area contributed by atoms with Gasteiger partial charge in [-0.3, -0.25) is 9.59 Å². The Morgan fingerprint density at radius 3 is 2.62 bits per heavy atom. The van der Waals surface area contributed by atoms with Crippen LogP contribution in [0.3, 0.4) is 0 Å². The van der Waals surface area contributed by atoms with Gasteiger partial charge in [0.1, 0.15) is 11.8 Å². The van der Waals surface area contributed by atoms with Crippen LogP contribution in [0.15, 0.2) is 18.3 Å². The summed E-state index contributed by atoms with van der Waals surface area (Å²) in [6, 6.07) is 4.98. The number of carboxylic acids is 1. The molecule has 1 rings (SSSR count). The summed E-state index contributed by atoms with van der Waals surface area (Å²) in [6.45, 7) is 4.40. The highest BCUT2D eigenvalue weighted by atomic mass is 16.4. The van der Waals surface area contributed by atoms with Crippen LogP contribution >= 0.6 is 0 Å². The van der Waals surface area contributed by atoms with Gasteiger partial charge in [0.15, 0.2) is 0 Å². The monoisotopic (exact) mass is 289 g/mol. The van der Waals surface area contributed by atoms with E-state index in [2.05, 4.69) is 10.3 Å². The molecule has 0 saturated carbocycles. The zero-order valence-corrected chi connectivity index (χ0v) is 12.2. The molecule has 1 heterocycles. The zero-order chi connectivity index (χ0) is 15.9. The summed E-state index contributed by atoms with van der Waals surface area (Å²) in [5.74, 6) is -1.11. The van der Waals surface area contributed by atoms with Crippen LogP contribution in [0.2, 0.25) is 0 Å². The first-order chi connectivity index (χ1) is 9.84. The Hall–Kier alpha value is -2.42. The molecule has 0 aromatic carbocycles. The van der Waals surface area contributed by atoms with E-state index in [-0.39, 0.29) is 23.4 Å². The standard InChI is InChI=1S/C15H19N3O3/c1-15(2,6-5-13(19)20)7-8-17-14(21)12-4-3-11(9-16)10-18-12/h3-4,10H,5-8H2,1-2H3,(H,17,21)(H,19,20). The first-order valence-electron chi connectivity index (χ1n) is 6.70. The SMILES string of the molecule is CC(C)(CCNC(=O)c1ccc(C#N)cn1)CCC(=O)O. The van der Waals surface area contributed by atoms with Crippen molar-refractivity contribution < 1.29 is 14.7 Å². The smallest absolute Gasteiger partial charge is 0.303 e. The summed E-state index contributed by atoms with van der Waals surface area (Å²) in [7, 11) is 0. The van der Waals surface area contributed by atoms with Gasteiger partial charge in [-0.05, 0) is 30.4 Å². The lowest BCUT2D eigenvalue weighted by Crippen LogP contribution is -2.29. The maximum atomic E-state index is 11.8. The van der Waals surface area contributed by atoms with Crippen molar-refractivity contribution >= 4 is 11.9 Å². The molecule has 0 saturated heterocycles. The van der Waals surface area contributed by atoms with E-state index in [1.54, 1.807) is 6.07 Å². The Labute approximate surface area is 123 Å². The van der Waals surface area contributed by atoms with Crippen LogP contribution in [-0.4, -0.2) is 28.5 Å². The van der Waals surface area contributed by atoms with Crippen molar-refractivity contribution in [1.29, 1.82) is 5.26 Å². The summed E-state index contributed by atoms with van der Waals surface area (Å²) in [5.41, 5.74) is 0.516. The van der Waals surface area contributed by atoms with E-state index < -0.39 is 5.97 Å². The lowest BCUT2D eigenvalue weighted by molar-refractivity contribution is -0.137. The van der Waals surface area contributed by atoms with Gasteiger partial charge < -0.3 is 10.4 Å². The molecular formula is C15H19N3O3. The second-order valence-electron chi connectivity index (χ2n) is 5.61. The third-order valence-electron chi connectivity index (χ3n) is 3.23. The fraction of sp³-hybridized carbons (Fsp3) is 0.467. The molecule has 0 radical (unpaired) electrons. The quantitative estimate of drug-likeness (QED) is 0.798. The number of nitriles is 1. The Morgan fingerprint density at radius 1 is 1.38 bits per heavy atom. The fourth-order valence-corrected chi connectivity index (χ4v) is 1.77. The van der Waals surface area contributed by atoms with E-state index in [1.807, 2.05) is 19.9 Å². The number of hydrogen-bond donors (Lipinski definition) is 2. The topological polar surface area (TPSA) is 103 Å². The van der Waals surface area contributed by atoms with Crippen LogP contribution in [-0.2, 0) is 4.79 Å². The van der Waals surface area contributed by atoms with E-state index in [0.717, 1.165) is 0 Å². The van der Waals surface area contributed by atoms with Gasteiger partial charge in [-0.15, -0.1) is 0 Å².